The third kappa shape index (κ3) is 4.54. The maximum absolute atomic E-state index is 12.9. The van der Waals surface area contributed by atoms with Gasteiger partial charge in [0.2, 0.25) is 0 Å². The molecular formula is C18H25FNO2. The standard InChI is InChI=1S/C18H25FNO2/c1-3-22-18(21)14(2)17-6-4-5-12-20(17)13-11-15-7-9-16(19)10-8-15/h7-10,14,17H,2-6,11-13H2,1H3. The van der Waals surface area contributed by atoms with Crippen LogP contribution in [-0.2, 0) is 16.0 Å². The van der Waals surface area contributed by atoms with E-state index < -0.39 is 0 Å². The van der Waals surface area contributed by atoms with Crippen molar-refractivity contribution in [1.82, 2.24) is 4.90 Å². The highest BCUT2D eigenvalue weighted by atomic mass is 19.1. The van der Waals surface area contributed by atoms with Gasteiger partial charge in [-0.15, -0.1) is 0 Å². The predicted octanol–water partition coefficient (Wildman–Crippen LogP) is 3.24. The zero-order valence-electron chi connectivity index (χ0n) is 13.3. The smallest absolute Gasteiger partial charge is 0.310 e. The highest BCUT2D eigenvalue weighted by Gasteiger charge is 2.31. The number of halogens is 1. The summed E-state index contributed by atoms with van der Waals surface area (Å²) in [4.78, 5) is 14.3. The molecule has 0 amide bonds. The first-order chi connectivity index (χ1) is 10.6. The molecule has 121 valence electrons. The minimum Gasteiger partial charge on any atom is -0.466 e. The van der Waals surface area contributed by atoms with Crippen molar-refractivity contribution in [2.75, 3.05) is 19.7 Å². The van der Waals surface area contributed by atoms with E-state index in [-0.39, 0.29) is 23.7 Å². The van der Waals surface area contributed by atoms with E-state index in [1.54, 1.807) is 0 Å². The van der Waals surface area contributed by atoms with Gasteiger partial charge < -0.3 is 4.74 Å². The zero-order valence-corrected chi connectivity index (χ0v) is 13.3. The van der Waals surface area contributed by atoms with Crippen molar-refractivity contribution in [2.24, 2.45) is 5.92 Å². The molecule has 1 radical (unpaired) electrons. The highest BCUT2D eigenvalue weighted by molar-refractivity contribution is 5.74. The molecule has 0 spiro atoms. The maximum atomic E-state index is 12.9. The van der Waals surface area contributed by atoms with Crippen LogP contribution in [-0.4, -0.2) is 36.6 Å². The molecule has 0 aliphatic carbocycles. The average molecular weight is 306 g/mol. The molecule has 1 aliphatic rings. The fourth-order valence-electron chi connectivity index (χ4n) is 3.08. The Morgan fingerprint density at radius 3 is 2.82 bits per heavy atom. The van der Waals surface area contributed by atoms with Crippen molar-refractivity contribution >= 4 is 5.97 Å². The van der Waals surface area contributed by atoms with E-state index in [9.17, 15) is 9.18 Å². The highest BCUT2D eigenvalue weighted by Crippen LogP contribution is 2.24. The van der Waals surface area contributed by atoms with Gasteiger partial charge in [-0.2, -0.15) is 0 Å². The summed E-state index contributed by atoms with van der Waals surface area (Å²) in [6.07, 6.45) is 4.11. The van der Waals surface area contributed by atoms with Gasteiger partial charge >= 0.3 is 5.97 Å². The third-order valence-electron chi connectivity index (χ3n) is 4.32. The van der Waals surface area contributed by atoms with Gasteiger partial charge in [0, 0.05) is 12.6 Å². The maximum Gasteiger partial charge on any atom is 0.310 e. The van der Waals surface area contributed by atoms with Crippen LogP contribution in [0, 0.1) is 18.7 Å². The number of benzene rings is 1. The van der Waals surface area contributed by atoms with Crippen molar-refractivity contribution < 1.29 is 13.9 Å². The van der Waals surface area contributed by atoms with Crippen LogP contribution in [0.5, 0.6) is 0 Å². The van der Waals surface area contributed by atoms with E-state index in [1.165, 1.54) is 12.1 Å². The van der Waals surface area contributed by atoms with Crippen molar-refractivity contribution in [3.63, 3.8) is 0 Å². The molecule has 1 saturated heterocycles. The number of rotatable bonds is 6. The van der Waals surface area contributed by atoms with Crippen molar-refractivity contribution in [2.45, 2.75) is 38.6 Å². The fourth-order valence-corrected chi connectivity index (χ4v) is 3.08. The number of likely N-dealkylation sites (tertiary alicyclic amines) is 1. The number of hydrogen-bond donors (Lipinski definition) is 0. The Labute approximate surface area is 132 Å². The predicted molar refractivity (Wildman–Crippen MR) is 84.8 cm³/mol. The summed E-state index contributed by atoms with van der Waals surface area (Å²) in [6.45, 7) is 8.09. The normalized spacial score (nSPS) is 20.6. The van der Waals surface area contributed by atoms with Gasteiger partial charge in [0.05, 0.1) is 12.5 Å². The minimum atomic E-state index is -0.339. The first kappa shape index (κ1) is 16.9. The molecule has 0 bridgehead atoms. The van der Waals surface area contributed by atoms with Crippen LogP contribution in [0.2, 0.25) is 0 Å². The average Bonchev–Trinajstić information content (AvgIpc) is 2.54. The Kier molecular flexibility index (Phi) is 6.37. The van der Waals surface area contributed by atoms with E-state index in [1.807, 2.05) is 19.1 Å². The lowest BCUT2D eigenvalue weighted by Gasteiger charge is -2.38. The Bertz CT molecular complexity index is 474. The Balaban J connectivity index is 1.94. The molecule has 0 saturated carbocycles. The molecular weight excluding hydrogens is 281 g/mol. The van der Waals surface area contributed by atoms with Crippen molar-refractivity contribution in [3.05, 3.63) is 42.6 Å². The molecule has 1 aromatic rings. The van der Waals surface area contributed by atoms with Crippen LogP contribution in [0.4, 0.5) is 4.39 Å². The summed E-state index contributed by atoms with van der Waals surface area (Å²) in [5.41, 5.74) is 1.11. The molecule has 1 aliphatic heterocycles. The molecule has 1 fully saturated rings. The van der Waals surface area contributed by atoms with Crippen LogP contribution in [0.25, 0.3) is 0 Å². The molecule has 4 heteroatoms. The van der Waals surface area contributed by atoms with E-state index >= 15 is 0 Å². The second-order valence-corrected chi connectivity index (χ2v) is 5.83. The topological polar surface area (TPSA) is 29.5 Å². The van der Waals surface area contributed by atoms with Gasteiger partial charge in [0.25, 0.3) is 0 Å². The SMILES string of the molecule is [CH2]C(C(=O)OCC)C1CCCCN1CCc1ccc(F)cc1. The second kappa shape index (κ2) is 8.28. The molecule has 2 atom stereocenters. The lowest BCUT2D eigenvalue weighted by atomic mass is 9.91. The van der Waals surface area contributed by atoms with Crippen LogP contribution >= 0.6 is 0 Å². The largest absolute Gasteiger partial charge is 0.466 e. The van der Waals surface area contributed by atoms with Crippen LogP contribution in [0.1, 0.15) is 31.7 Å². The van der Waals surface area contributed by atoms with Gasteiger partial charge in [0.15, 0.2) is 0 Å². The molecule has 2 rings (SSSR count). The summed E-state index contributed by atoms with van der Waals surface area (Å²) in [6, 6.07) is 6.77. The molecule has 0 N–H and O–H groups in total. The summed E-state index contributed by atoms with van der Waals surface area (Å²) >= 11 is 0. The van der Waals surface area contributed by atoms with E-state index in [4.69, 9.17) is 4.74 Å². The number of esters is 1. The van der Waals surface area contributed by atoms with E-state index in [0.29, 0.717) is 6.61 Å². The summed E-state index contributed by atoms with van der Waals surface area (Å²) in [5, 5.41) is 0. The molecule has 1 heterocycles. The monoisotopic (exact) mass is 306 g/mol. The molecule has 0 aromatic heterocycles. The fraction of sp³-hybridized carbons (Fsp3) is 0.556. The van der Waals surface area contributed by atoms with E-state index in [0.717, 1.165) is 44.3 Å². The van der Waals surface area contributed by atoms with Crippen molar-refractivity contribution in [3.8, 4) is 0 Å². The number of carbonyl (C=O) groups excluding carboxylic acids is 1. The number of hydrogen-bond acceptors (Lipinski definition) is 3. The molecule has 1 aromatic carbocycles. The van der Waals surface area contributed by atoms with Gasteiger partial charge in [-0.25, -0.2) is 4.39 Å². The number of carbonyl (C=O) groups is 1. The first-order valence-corrected chi connectivity index (χ1v) is 8.10. The summed E-state index contributed by atoms with van der Waals surface area (Å²) < 4.78 is 18.1. The number of ether oxygens (including phenoxy) is 1. The molecule has 22 heavy (non-hydrogen) atoms. The number of piperidine rings is 1. The molecule has 2 unspecified atom stereocenters. The Morgan fingerprint density at radius 2 is 2.14 bits per heavy atom. The van der Waals surface area contributed by atoms with E-state index in [2.05, 4.69) is 11.8 Å². The summed E-state index contributed by atoms with van der Waals surface area (Å²) in [7, 11) is 0. The van der Waals surface area contributed by atoms with Crippen molar-refractivity contribution in [1.29, 1.82) is 0 Å². The summed E-state index contributed by atoms with van der Waals surface area (Å²) in [5.74, 6) is -0.755. The minimum absolute atomic E-state index is 0.147. The quantitative estimate of drug-likeness (QED) is 0.756. The van der Waals surface area contributed by atoms with Gasteiger partial charge in [0.1, 0.15) is 5.82 Å². The van der Waals surface area contributed by atoms with Gasteiger partial charge in [-0.3, -0.25) is 9.69 Å². The van der Waals surface area contributed by atoms with Crippen LogP contribution < -0.4 is 0 Å². The second-order valence-electron chi connectivity index (χ2n) is 5.83. The van der Waals surface area contributed by atoms with Crippen LogP contribution in [0.3, 0.4) is 0 Å². The van der Waals surface area contributed by atoms with Crippen LogP contribution in [0.15, 0.2) is 24.3 Å². The lowest BCUT2D eigenvalue weighted by molar-refractivity contribution is -0.149. The first-order valence-electron chi connectivity index (χ1n) is 8.10. The number of nitrogens with zero attached hydrogens (tertiary/aromatic N) is 1. The van der Waals surface area contributed by atoms with Gasteiger partial charge in [-0.05, 0) is 57.4 Å². The Hall–Kier alpha value is -1.42. The lowest BCUT2D eigenvalue weighted by Crippen LogP contribution is -2.47. The third-order valence-corrected chi connectivity index (χ3v) is 4.32. The van der Waals surface area contributed by atoms with Gasteiger partial charge in [-0.1, -0.05) is 18.6 Å². The Morgan fingerprint density at radius 1 is 1.41 bits per heavy atom. The zero-order chi connectivity index (χ0) is 15.9. The molecule has 3 nitrogen and oxygen atoms in total.